The zero-order chi connectivity index (χ0) is 16.9. The number of piperazine rings is 1. The molecule has 0 bridgehead atoms. The molecule has 1 saturated heterocycles. The predicted octanol–water partition coefficient (Wildman–Crippen LogP) is 3.58. The normalized spacial score (nSPS) is 19.1. The van der Waals surface area contributed by atoms with E-state index in [1.54, 1.807) is 0 Å². The fourth-order valence-electron chi connectivity index (χ4n) is 3.61. The molecule has 0 radical (unpaired) electrons. The molecule has 1 N–H and O–H groups in total. The fraction of sp³-hybridized carbons (Fsp3) is 0.550. The molecule has 0 aromatic heterocycles. The molecule has 2 aliphatic rings. The van der Waals surface area contributed by atoms with E-state index >= 15 is 0 Å². The van der Waals surface area contributed by atoms with Crippen molar-refractivity contribution >= 4 is 17.3 Å². The van der Waals surface area contributed by atoms with Crippen LogP contribution in [0.15, 0.2) is 29.8 Å². The van der Waals surface area contributed by atoms with E-state index in [1.165, 1.54) is 29.7 Å². The zero-order valence-corrected chi connectivity index (χ0v) is 15.0. The Morgan fingerprint density at radius 1 is 1.17 bits per heavy atom. The molecular formula is C20H29N3O. The van der Waals surface area contributed by atoms with Gasteiger partial charge in [-0.15, -0.1) is 0 Å². The van der Waals surface area contributed by atoms with Crippen molar-refractivity contribution < 1.29 is 4.79 Å². The molecule has 1 aromatic carbocycles. The maximum atomic E-state index is 12.2. The monoisotopic (exact) mass is 327 g/mol. The number of allylic oxidation sites excluding steroid dienone is 1. The number of carbonyl (C=O) groups is 1. The van der Waals surface area contributed by atoms with Crippen LogP contribution in [-0.2, 0) is 4.79 Å². The van der Waals surface area contributed by atoms with Crippen molar-refractivity contribution in [2.75, 3.05) is 43.4 Å². The van der Waals surface area contributed by atoms with Crippen LogP contribution in [0.1, 0.15) is 37.7 Å². The molecule has 1 aliphatic heterocycles. The van der Waals surface area contributed by atoms with Crippen LogP contribution in [0, 0.1) is 6.92 Å². The summed E-state index contributed by atoms with van der Waals surface area (Å²) >= 11 is 0. The van der Waals surface area contributed by atoms with E-state index in [4.69, 9.17) is 0 Å². The van der Waals surface area contributed by atoms with E-state index in [0.717, 1.165) is 44.7 Å². The average molecular weight is 327 g/mol. The van der Waals surface area contributed by atoms with Crippen LogP contribution in [0.5, 0.6) is 0 Å². The lowest BCUT2D eigenvalue weighted by Gasteiger charge is -2.35. The summed E-state index contributed by atoms with van der Waals surface area (Å²) in [7, 11) is 2.17. The highest BCUT2D eigenvalue weighted by atomic mass is 16.1. The van der Waals surface area contributed by atoms with Crippen LogP contribution < -0.4 is 10.2 Å². The van der Waals surface area contributed by atoms with Crippen LogP contribution in [-0.4, -0.2) is 44.0 Å². The standard InChI is InChI=1S/C20H29N3O/c1-16-14-18(21-20(24)15-17-6-4-3-5-7-17)8-9-19(16)23-12-10-22(2)11-13-23/h6,8-9,14H,3-5,7,10-13,15H2,1-2H3,(H,21,24). The molecule has 0 atom stereocenters. The SMILES string of the molecule is Cc1cc(NC(=O)CC2=CCCCC2)ccc1N1CCN(C)CC1. The molecule has 1 fully saturated rings. The van der Waals surface area contributed by atoms with Gasteiger partial charge in [-0.2, -0.15) is 0 Å². The molecule has 0 spiro atoms. The van der Waals surface area contributed by atoms with Gasteiger partial charge in [-0.25, -0.2) is 0 Å². The van der Waals surface area contributed by atoms with E-state index in [1.807, 2.05) is 6.07 Å². The van der Waals surface area contributed by atoms with Crippen molar-refractivity contribution in [2.24, 2.45) is 0 Å². The first-order valence-corrected chi connectivity index (χ1v) is 9.14. The fourth-order valence-corrected chi connectivity index (χ4v) is 3.61. The predicted molar refractivity (Wildman–Crippen MR) is 101 cm³/mol. The van der Waals surface area contributed by atoms with E-state index in [9.17, 15) is 4.79 Å². The molecule has 1 aliphatic carbocycles. The Bertz CT molecular complexity index is 615. The number of hydrogen-bond donors (Lipinski definition) is 1. The number of benzene rings is 1. The van der Waals surface area contributed by atoms with Crippen molar-refractivity contribution in [3.63, 3.8) is 0 Å². The maximum Gasteiger partial charge on any atom is 0.228 e. The van der Waals surface area contributed by atoms with Gasteiger partial charge in [0.15, 0.2) is 0 Å². The van der Waals surface area contributed by atoms with Gasteiger partial charge >= 0.3 is 0 Å². The Labute approximate surface area is 145 Å². The van der Waals surface area contributed by atoms with Gasteiger partial charge in [0.25, 0.3) is 0 Å². The number of aryl methyl sites for hydroxylation is 1. The molecule has 130 valence electrons. The van der Waals surface area contributed by atoms with Crippen LogP contribution in [0.4, 0.5) is 11.4 Å². The summed E-state index contributed by atoms with van der Waals surface area (Å²) in [5.74, 6) is 0.106. The Morgan fingerprint density at radius 3 is 2.62 bits per heavy atom. The van der Waals surface area contributed by atoms with Gasteiger partial charge < -0.3 is 15.1 Å². The lowest BCUT2D eigenvalue weighted by molar-refractivity contribution is -0.115. The van der Waals surface area contributed by atoms with Crippen molar-refractivity contribution in [1.82, 2.24) is 4.90 Å². The third-order valence-corrected chi connectivity index (χ3v) is 5.10. The molecule has 1 amide bonds. The highest BCUT2D eigenvalue weighted by Gasteiger charge is 2.16. The number of carbonyl (C=O) groups excluding carboxylic acids is 1. The second-order valence-corrected chi connectivity index (χ2v) is 7.12. The van der Waals surface area contributed by atoms with Gasteiger partial charge in [-0.3, -0.25) is 4.79 Å². The maximum absolute atomic E-state index is 12.2. The van der Waals surface area contributed by atoms with Gasteiger partial charge in [0.05, 0.1) is 0 Å². The summed E-state index contributed by atoms with van der Waals surface area (Å²) in [6.07, 6.45) is 7.47. The minimum absolute atomic E-state index is 0.106. The van der Waals surface area contributed by atoms with E-state index in [-0.39, 0.29) is 5.91 Å². The first-order valence-electron chi connectivity index (χ1n) is 9.14. The zero-order valence-electron chi connectivity index (χ0n) is 15.0. The smallest absolute Gasteiger partial charge is 0.228 e. The average Bonchev–Trinajstić information content (AvgIpc) is 2.57. The highest BCUT2D eigenvalue weighted by Crippen LogP contribution is 2.25. The third-order valence-electron chi connectivity index (χ3n) is 5.10. The van der Waals surface area contributed by atoms with Crippen molar-refractivity contribution in [1.29, 1.82) is 0 Å². The quantitative estimate of drug-likeness (QED) is 0.859. The second-order valence-electron chi connectivity index (χ2n) is 7.12. The van der Waals surface area contributed by atoms with Gasteiger partial charge in [0.2, 0.25) is 5.91 Å². The molecule has 0 saturated carbocycles. The van der Waals surface area contributed by atoms with Gasteiger partial charge in [-0.1, -0.05) is 11.6 Å². The number of rotatable bonds is 4. The van der Waals surface area contributed by atoms with Crippen molar-refractivity contribution in [3.8, 4) is 0 Å². The van der Waals surface area contributed by atoms with Crippen LogP contribution >= 0.6 is 0 Å². The van der Waals surface area contributed by atoms with E-state index < -0.39 is 0 Å². The molecule has 3 rings (SSSR count). The second kappa shape index (κ2) is 7.84. The topological polar surface area (TPSA) is 35.6 Å². The van der Waals surface area contributed by atoms with E-state index in [2.05, 4.69) is 47.3 Å². The van der Waals surface area contributed by atoms with Crippen molar-refractivity contribution in [2.45, 2.75) is 39.0 Å². The number of nitrogens with one attached hydrogen (secondary N) is 1. The number of amides is 1. The minimum Gasteiger partial charge on any atom is -0.369 e. The summed E-state index contributed by atoms with van der Waals surface area (Å²) < 4.78 is 0. The third kappa shape index (κ3) is 4.38. The molecule has 24 heavy (non-hydrogen) atoms. The Balaban J connectivity index is 1.59. The lowest BCUT2D eigenvalue weighted by atomic mass is 9.97. The number of anilines is 2. The van der Waals surface area contributed by atoms with Crippen LogP contribution in [0.3, 0.4) is 0 Å². The molecule has 4 nitrogen and oxygen atoms in total. The van der Waals surface area contributed by atoms with E-state index in [0.29, 0.717) is 6.42 Å². The molecular weight excluding hydrogens is 298 g/mol. The summed E-state index contributed by atoms with van der Waals surface area (Å²) in [4.78, 5) is 17.0. The lowest BCUT2D eigenvalue weighted by Crippen LogP contribution is -2.44. The molecule has 1 aromatic rings. The first-order chi connectivity index (χ1) is 11.6. The summed E-state index contributed by atoms with van der Waals surface area (Å²) in [5, 5.41) is 3.06. The Hall–Kier alpha value is -1.81. The largest absolute Gasteiger partial charge is 0.369 e. The van der Waals surface area contributed by atoms with Crippen LogP contribution in [0.25, 0.3) is 0 Å². The number of nitrogens with zero attached hydrogens (tertiary/aromatic N) is 2. The highest BCUT2D eigenvalue weighted by molar-refractivity contribution is 5.92. The van der Waals surface area contributed by atoms with Gasteiger partial charge in [-0.05, 0) is 63.4 Å². The molecule has 0 unspecified atom stereocenters. The summed E-state index contributed by atoms with van der Waals surface area (Å²) in [6.45, 7) is 6.47. The summed E-state index contributed by atoms with van der Waals surface area (Å²) in [6, 6.07) is 6.28. The first kappa shape index (κ1) is 17.0. The molecule has 4 heteroatoms. The Kier molecular flexibility index (Phi) is 5.56. The summed E-state index contributed by atoms with van der Waals surface area (Å²) in [5.41, 5.74) is 4.72. The van der Waals surface area contributed by atoms with Gasteiger partial charge in [0, 0.05) is 44.0 Å². The minimum atomic E-state index is 0.106. The molecule has 1 heterocycles. The Morgan fingerprint density at radius 2 is 1.96 bits per heavy atom. The number of likely N-dealkylation sites (N-methyl/N-ethyl adjacent to an activating group) is 1. The van der Waals surface area contributed by atoms with Crippen molar-refractivity contribution in [3.05, 3.63) is 35.4 Å². The number of hydrogen-bond acceptors (Lipinski definition) is 3. The van der Waals surface area contributed by atoms with Gasteiger partial charge in [0.1, 0.15) is 0 Å². The van der Waals surface area contributed by atoms with Crippen LogP contribution in [0.2, 0.25) is 0 Å².